The fraction of sp³-hybridized carbons (Fsp3) is 0.500. The summed E-state index contributed by atoms with van der Waals surface area (Å²) in [6.45, 7) is 5.08. The second-order valence-electron chi connectivity index (χ2n) is 9.50. The van der Waals surface area contributed by atoms with Crippen molar-refractivity contribution in [3.63, 3.8) is 0 Å². The Bertz CT molecular complexity index is 1160. The highest BCUT2D eigenvalue weighted by Crippen LogP contribution is 2.34. The molecular weight excluding hydrogens is 450 g/mol. The number of ether oxygens (including phenoxy) is 1. The van der Waals surface area contributed by atoms with Crippen LogP contribution >= 0.6 is 0 Å². The Labute approximate surface area is 202 Å². The monoisotopic (exact) mass is 483 g/mol. The Kier molecular flexibility index (Phi) is 7.58. The van der Waals surface area contributed by atoms with Crippen LogP contribution in [0.3, 0.4) is 0 Å². The number of benzene rings is 1. The molecule has 0 unspecified atom stereocenters. The zero-order valence-corrected chi connectivity index (χ0v) is 20.8. The number of hydrogen-bond acceptors (Lipinski definition) is 6. The van der Waals surface area contributed by atoms with Crippen LogP contribution in [-0.2, 0) is 16.6 Å². The number of fused-ring (bicyclic) bond motifs is 1. The molecule has 8 heteroatoms. The van der Waals surface area contributed by atoms with E-state index >= 15 is 0 Å². The van der Waals surface area contributed by atoms with Crippen LogP contribution in [0.1, 0.15) is 37.8 Å². The molecule has 0 amide bonds. The van der Waals surface area contributed by atoms with Gasteiger partial charge in [-0.3, -0.25) is 9.88 Å². The molecule has 1 aromatic carbocycles. The number of sulfonamides is 1. The van der Waals surface area contributed by atoms with Crippen molar-refractivity contribution in [3.8, 4) is 17.6 Å². The first kappa shape index (κ1) is 24.7. The van der Waals surface area contributed by atoms with Crippen molar-refractivity contribution in [1.82, 2.24) is 14.2 Å². The molecule has 7 nitrogen and oxygen atoms in total. The summed E-state index contributed by atoms with van der Waals surface area (Å²) in [5, 5.41) is 9.79. The minimum absolute atomic E-state index is 0.0991. The first-order valence-corrected chi connectivity index (χ1v) is 13.2. The molecule has 1 saturated carbocycles. The molecule has 34 heavy (non-hydrogen) atoms. The van der Waals surface area contributed by atoms with E-state index in [0.29, 0.717) is 18.2 Å². The summed E-state index contributed by atoms with van der Waals surface area (Å²) >= 11 is 0. The van der Waals surface area contributed by atoms with Crippen molar-refractivity contribution < 1.29 is 18.3 Å². The third kappa shape index (κ3) is 5.78. The topological polar surface area (TPSA) is 83.0 Å². The number of rotatable bonds is 6. The first-order chi connectivity index (χ1) is 16.3. The third-order valence-electron chi connectivity index (χ3n) is 6.36. The highest BCUT2D eigenvalue weighted by atomic mass is 32.2. The molecule has 0 radical (unpaired) electrons. The van der Waals surface area contributed by atoms with Crippen LogP contribution in [0.25, 0.3) is 0 Å². The largest absolute Gasteiger partial charge is 0.487 e. The molecule has 2 aromatic rings. The first-order valence-electron chi connectivity index (χ1n) is 11.8. The van der Waals surface area contributed by atoms with Gasteiger partial charge in [0.2, 0.25) is 10.0 Å². The SMILES string of the molecule is C[C@H](CO)N1C[C@H](C)[C@H](CN(C)Cc2ccncc2)Oc2cc(C#CC3CC3)ccc2S1(=O)=O. The molecule has 3 atom stereocenters. The molecule has 182 valence electrons. The van der Waals surface area contributed by atoms with E-state index in [2.05, 4.69) is 21.7 Å². The summed E-state index contributed by atoms with van der Waals surface area (Å²) in [5.74, 6) is 7.08. The molecule has 1 aliphatic heterocycles. The van der Waals surface area contributed by atoms with E-state index in [-0.39, 0.29) is 30.1 Å². The molecule has 1 aromatic heterocycles. The van der Waals surface area contributed by atoms with Gasteiger partial charge in [0.05, 0.1) is 6.61 Å². The quantitative estimate of drug-likeness (QED) is 0.637. The maximum absolute atomic E-state index is 13.6. The van der Waals surface area contributed by atoms with Crippen LogP contribution in [0.15, 0.2) is 47.6 Å². The minimum atomic E-state index is -3.84. The van der Waals surface area contributed by atoms with Gasteiger partial charge in [-0.2, -0.15) is 4.31 Å². The zero-order valence-electron chi connectivity index (χ0n) is 20.0. The molecule has 0 bridgehead atoms. The van der Waals surface area contributed by atoms with Gasteiger partial charge in [0.25, 0.3) is 0 Å². The van der Waals surface area contributed by atoms with Gasteiger partial charge in [0.15, 0.2) is 0 Å². The van der Waals surface area contributed by atoms with Crippen molar-refractivity contribution >= 4 is 10.0 Å². The number of likely N-dealkylation sites (N-methyl/N-ethyl adjacent to an activating group) is 1. The number of aliphatic hydroxyl groups is 1. The van der Waals surface area contributed by atoms with E-state index in [0.717, 1.165) is 30.5 Å². The Morgan fingerprint density at radius 1 is 1.26 bits per heavy atom. The van der Waals surface area contributed by atoms with Crippen LogP contribution in [-0.4, -0.2) is 66.6 Å². The molecule has 0 saturated heterocycles. The molecule has 4 rings (SSSR count). The van der Waals surface area contributed by atoms with Gasteiger partial charge in [-0.25, -0.2) is 8.42 Å². The maximum Gasteiger partial charge on any atom is 0.247 e. The lowest BCUT2D eigenvalue weighted by Gasteiger charge is -2.37. The average molecular weight is 484 g/mol. The van der Waals surface area contributed by atoms with Gasteiger partial charge in [0.1, 0.15) is 16.7 Å². The Hall–Kier alpha value is -2.44. The normalized spacial score (nSPS) is 23.1. The third-order valence-corrected chi connectivity index (χ3v) is 8.38. The Morgan fingerprint density at radius 3 is 2.68 bits per heavy atom. The van der Waals surface area contributed by atoms with Crippen LogP contribution in [0.5, 0.6) is 5.75 Å². The van der Waals surface area contributed by atoms with Gasteiger partial charge in [-0.05, 0) is 62.7 Å². The number of hydrogen-bond donors (Lipinski definition) is 1. The second kappa shape index (κ2) is 10.4. The summed E-state index contributed by atoms with van der Waals surface area (Å²) in [7, 11) is -1.82. The van der Waals surface area contributed by atoms with Gasteiger partial charge >= 0.3 is 0 Å². The van der Waals surface area contributed by atoms with Crippen LogP contribution in [0.2, 0.25) is 0 Å². The molecule has 1 aliphatic carbocycles. The second-order valence-corrected chi connectivity index (χ2v) is 11.4. The van der Waals surface area contributed by atoms with Gasteiger partial charge in [0, 0.05) is 55.5 Å². The van der Waals surface area contributed by atoms with Crippen LogP contribution < -0.4 is 4.74 Å². The number of nitrogens with zero attached hydrogens (tertiary/aromatic N) is 3. The van der Waals surface area contributed by atoms with Gasteiger partial charge in [-0.15, -0.1) is 0 Å². The predicted molar refractivity (Wildman–Crippen MR) is 131 cm³/mol. The van der Waals surface area contributed by atoms with Crippen molar-refractivity contribution in [2.75, 3.05) is 26.7 Å². The smallest absolute Gasteiger partial charge is 0.247 e. The van der Waals surface area contributed by atoms with E-state index in [9.17, 15) is 13.5 Å². The van der Waals surface area contributed by atoms with Crippen molar-refractivity contribution in [2.24, 2.45) is 11.8 Å². The molecule has 1 fully saturated rings. The molecule has 0 spiro atoms. The van der Waals surface area contributed by atoms with Crippen LogP contribution in [0.4, 0.5) is 0 Å². The van der Waals surface area contributed by atoms with Gasteiger partial charge < -0.3 is 9.84 Å². The maximum atomic E-state index is 13.6. The van der Waals surface area contributed by atoms with Crippen molar-refractivity contribution in [3.05, 3.63) is 53.9 Å². The van der Waals surface area contributed by atoms with E-state index < -0.39 is 16.1 Å². The minimum Gasteiger partial charge on any atom is -0.487 e. The molecule has 2 aliphatic rings. The van der Waals surface area contributed by atoms with Crippen molar-refractivity contribution in [2.45, 2.75) is 50.3 Å². The lowest BCUT2D eigenvalue weighted by molar-refractivity contribution is 0.0733. The lowest BCUT2D eigenvalue weighted by atomic mass is 10.0. The fourth-order valence-electron chi connectivity index (χ4n) is 4.11. The Morgan fingerprint density at radius 2 is 2.00 bits per heavy atom. The number of aromatic nitrogens is 1. The van der Waals surface area contributed by atoms with Crippen molar-refractivity contribution in [1.29, 1.82) is 0 Å². The number of pyridine rings is 1. The standard InChI is InChI=1S/C26H33N3O4S/c1-19-15-29(20(2)18-30)34(31,32)26-9-8-22(7-6-21-4-5-21)14-24(26)33-25(19)17-28(3)16-23-10-12-27-13-11-23/h8-14,19-21,25,30H,4-5,15-18H2,1-3H3/t19-,20+,25-/m0/s1. The molecule has 1 N–H and O–H groups in total. The van der Waals surface area contributed by atoms with E-state index in [4.69, 9.17) is 4.74 Å². The predicted octanol–water partition coefficient (Wildman–Crippen LogP) is 2.74. The van der Waals surface area contributed by atoms with Gasteiger partial charge in [-0.1, -0.05) is 18.8 Å². The highest BCUT2D eigenvalue weighted by Gasteiger charge is 2.38. The van der Waals surface area contributed by atoms with Crippen LogP contribution in [0, 0.1) is 23.7 Å². The van der Waals surface area contributed by atoms with E-state index in [1.165, 1.54) is 4.31 Å². The summed E-state index contributed by atoms with van der Waals surface area (Å²) in [6.07, 6.45) is 5.55. The summed E-state index contributed by atoms with van der Waals surface area (Å²) < 4.78 is 35.0. The average Bonchev–Trinajstić information content (AvgIpc) is 3.64. The fourth-order valence-corrected chi connectivity index (χ4v) is 5.93. The summed E-state index contributed by atoms with van der Waals surface area (Å²) in [6, 6.07) is 8.51. The summed E-state index contributed by atoms with van der Waals surface area (Å²) in [4.78, 5) is 6.37. The molecular formula is C26H33N3O4S. The Balaban J connectivity index is 1.66. The molecule has 2 heterocycles. The number of aliphatic hydroxyl groups excluding tert-OH is 1. The highest BCUT2D eigenvalue weighted by molar-refractivity contribution is 7.89. The summed E-state index contributed by atoms with van der Waals surface area (Å²) in [5.41, 5.74) is 1.90. The van der Waals surface area contributed by atoms with E-state index in [1.807, 2.05) is 26.1 Å². The van der Waals surface area contributed by atoms with E-state index in [1.54, 1.807) is 37.5 Å². The zero-order chi connectivity index (χ0) is 24.3. The lowest BCUT2D eigenvalue weighted by Crippen LogP contribution is -2.49.